The van der Waals surface area contributed by atoms with E-state index in [2.05, 4.69) is 66.5 Å². The van der Waals surface area contributed by atoms with E-state index in [0.717, 1.165) is 64.4 Å². The van der Waals surface area contributed by atoms with Gasteiger partial charge in [0, 0.05) is 85.0 Å². The number of rotatable bonds is 23. The van der Waals surface area contributed by atoms with Crippen LogP contribution in [0.4, 0.5) is 23.1 Å². The fourth-order valence-electron chi connectivity index (χ4n) is 11.7. The van der Waals surface area contributed by atoms with Crippen LogP contribution in [0.3, 0.4) is 0 Å². The van der Waals surface area contributed by atoms with Gasteiger partial charge in [-0.2, -0.15) is 9.56 Å². The molecule has 1 aromatic heterocycles. The number of hydrogen-bond acceptors (Lipinski definition) is 13. The highest BCUT2D eigenvalue weighted by atomic mass is 32.2. The summed E-state index contributed by atoms with van der Waals surface area (Å²) in [5.41, 5.74) is 14.4. The monoisotopic (exact) mass is 1160 g/mol. The molecule has 17 nitrogen and oxygen atoms in total. The predicted octanol–water partition coefficient (Wildman–Crippen LogP) is 9.75. The van der Waals surface area contributed by atoms with Gasteiger partial charge in [0.15, 0.2) is 39.0 Å². The number of carbonyl (C=O) groups is 2. The van der Waals surface area contributed by atoms with Gasteiger partial charge < -0.3 is 44.5 Å². The maximum Gasteiger partial charge on any atom is 0.228 e. The van der Waals surface area contributed by atoms with Crippen molar-refractivity contribution in [2.24, 2.45) is 0 Å². The smallest absolute Gasteiger partial charge is 0.228 e. The fraction of sp³-hybridized carbons (Fsp3) is 0.359. The molecule has 3 aliphatic heterocycles. The van der Waals surface area contributed by atoms with Crippen molar-refractivity contribution in [3.05, 3.63) is 161 Å². The first-order valence-electron chi connectivity index (χ1n) is 28.2. The number of methoxy groups -OCH3 is 2. The highest BCUT2D eigenvalue weighted by Crippen LogP contribution is 2.49. The molecule has 0 saturated carbocycles. The van der Waals surface area contributed by atoms with Gasteiger partial charge in [0.1, 0.15) is 24.7 Å². The van der Waals surface area contributed by atoms with Crippen LogP contribution < -0.4 is 35.1 Å². The lowest BCUT2D eigenvalue weighted by molar-refractivity contribution is -0.433. The van der Waals surface area contributed by atoms with Crippen molar-refractivity contribution in [2.75, 3.05) is 75.6 Å². The van der Waals surface area contributed by atoms with Crippen LogP contribution in [0.1, 0.15) is 95.0 Å². The van der Waals surface area contributed by atoms with Crippen LogP contribution in [0.2, 0.25) is 0 Å². The molecular formula is C64H75N8O9S2+. The van der Waals surface area contributed by atoms with Crippen molar-refractivity contribution < 1.29 is 45.6 Å². The van der Waals surface area contributed by atoms with Crippen LogP contribution in [-0.4, -0.2) is 114 Å². The van der Waals surface area contributed by atoms with Crippen molar-refractivity contribution in [1.82, 2.24) is 20.2 Å². The number of benzene rings is 5. The number of carbonyl (C=O) groups excluding carboxylic acids is 2. The minimum absolute atomic E-state index is 0.0620. The Morgan fingerprint density at radius 3 is 2.39 bits per heavy atom. The Balaban J connectivity index is 0.806. The van der Waals surface area contributed by atoms with Gasteiger partial charge in [0.05, 0.1) is 47.5 Å². The Labute approximate surface area is 490 Å². The predicted molar refractivity (Wildman–Crippen MR) is 328 cm³/mol. The third-order valence-corrected chi connectivity index (χ3v) is 17.5. The van der Waals surface area contributed by atoms with Crippen LogP contribution in [0.25, 0.3) is 10.9 Å². The number of ether oxygens (including phenoxy) is 3. The lowest BCUT2D eigenvalue weighted by atomic mass is 9.81. The van der Waals surface area contributed by atoms with E-state index in [-0.39, 0.29) is 24.5 Å². The van der Waals surface area contributed by atoms with E-state index in [4.69, 9.17) is 29.9 Å². The lowest BCUT2D eigenvalue weighted by Crippen LogP contribution is -2.51. The topological polar surface area (TPSA) is 210 Å². The zero-order valence-electron chi connectivity index (χ0n) is 48.3. The SMILES string of the molecule is CC[N+]1=C(/C=C/C=C/C=C2/N(CCCCCC(=O)NCCOc3cccc(C4CN(C(=O)CCc5ccccc5)CCN4c4nc(N)c5cc(OC)c(OC)cc5n4)c3)c3ccc(S(=O)O)cc3C2(C)C)C(C)(C)c2cc([SH](=O)=O)ccc21. The molecule has 6 aromatic rings. The minimum Gasteiger partial charge on any atom is -0.493 e. The molecule has 4 heterocycles. The number of fused-ring (bicyclic) bond motifs is 3. The number of nitrogens with one attached hydrogen (secondary N) is 1. The Hall–Kier alpha value is -7.87. The molecule has 436 valence electrons. The summed E-state index contributed by atoms with van der Waals surface area (Å²) in [7, 11) is 0.435. The van der Waals surface area contributed by atoms with E-state index in [1.807, 2.05) is 95.9 Å². The molecule has 0 spiro atoms. The van der Waals surface area contributed by atoms with Crippen LogP contribution in [0.15, 0.2) is 149 Å². The lowest BCUT2D eigenvalue weighted by Gasteiger charge is -2.42. The van der Waals surface area contributed by atoms with Gasteiger partial charge >= 0.3 is 0 Å². The molecular weight excluding hydrogens is 1090 g/mol. The molecule has 1 saturated heterocycles. The highest BCUT2D eigenvalue weighted by molar-refractivity contribution is 7.79. The minimum atomic E-state index is -2.70. The number of nitrogen functional groups attached to an aromatic ring is 1. The summed E-state index contributed by atoms with van der Waals surface area (Å²) in [4.78, 5) is 43.6. The first-order chi connectivity index (χ1) is 39.9. The van der Waals surface area contributed by atoms with E-state index >= 15 is 0 Å². The summed E-state index contributed by atoms with van der Waals surface area (Å²) < 4.78 is 65.5. The normalized spacial score (nSPS) is 17.2. The van der Waals surface area contributed by atoms with Gasteiger partial charge in [-0.15, -0.1) is 0 Å². The van der Waals surface area contributed by atoms with Crippen molar-refractivity contribution >= 4 is 73.4 Å². The number of hydrogen-bond donors (Lipinski definition) is 4. The third kappa shape index (κ3) is 13.2. The summed E-state index contributed by atoms with van der Waals surface area (Å²) in [6.45, 7) is 13.9. The van der Waals surface area contributed by atoms with Gasteiger partial charge in [-0.3, -0.25) is 9.59 Å². The second-order valence-electron chi connectivity index (χ2n) is 22.0. The quantitative estimate of drug-likeness (QED) is 0.0155. The average Bonchev–Trinajstić information content (AvgIpc) is 2.74. The summed E-state index contributed by atoms with van der Waals surface area (Å²) in [5.74, 6) is 2.37. The number of nitrogens with two attached hydrogens (primary N) is 1. The van der Waals surface area contributed by atoms with Gasteiger partial charge in [-0.05, 0) is 111 Å². The third-order valence-electron chi connectivity index (χ3n) is 16.1. The number of nitrogens with zero attached hydrogens (tertiary/aromatic N) is 6. The number of allylic oxidation sites excluding steroid dienone is 6. The van der Waals surface area contributed by atoms with Gasteiger partial charge in [0.25, 0.3) is 0 Å². The molecule has 0 radical (unpaired) electrons. The first-order valence-corrected chi connectivity index (χ1v) is 30.5. The number of aromatic nitrogens is 2. The molecule has 0 bridgehead atoms. The number of unbranched alkanes of at least 4 members (excludes halogenated alkanes) is 2. The van der Waals surface area contributed by atoms with E-state index in [0.29, 0.717) is 108 Å². The summed E-state index contributed by atoms with van der Waals surface area (Å²) in [6.07, 6.45) is 13.9. The number of aryl methyl sites for hydroxylation is 1. The molecule has 9 rings (SSSR count). The molecule has 0 aliphatic carbocycles. The second kappa shape index (κ2) is 26.1. The molecule has 1 fully saturated rings. The van der Waals surface area contributed by atoms with Crippen molar-refractivity contribution in [2.45, 2.75) is 99.8 Å². The van der Waals surface area contributed by atoms with E-state index in [9.17, 15) is 26.8 Å². The Morgan fingerprint density at radius 2 is 1.64 bits per heavy atom. The van der Waals surface area contributed by atoms with E-state index < -0.39 is 32.6 Å². The molecule has 3 aliphatic rings. The number of anilines is 3. The summed E-state index contributed by atoms with van der Waals surface area (Å²) in [5, 5.41) is 3.65. The summed E-state index contributed by atoms with van der Waals surface area (Å²) in [6, 6.07) is 31.8. The summed E-state index contributed by atoms with van der Waals surface area (Å²) >= 11 is -2.13. The maximum atomic E-state index is 13.8. The maximum absolute atomic E-state index is 13.8. The molecule has 2 unspecified atom stereocenters. The largest absolute Gasteiger partial charge is 0.493 e. The zero-order chi connectivity index (χ0) is 59.0. The van der Waals surface area contributed by atoms with Crippen LogP contribution >= 0.6 is 0 Å². The van der Waals surface area contributed by atoms with Crippen molar-refractivity contribution in [3.63, 3.8) is 0 Å². The van der Waals surface area contributed by atoms with Crippen LogP contribution in [0.5, 0.6) is 17.2 Å². The van der Waals surface area contributed by atoms with E-state index in [1.54, 1.807) is 44.6 Å². The molecule has 5 aromatic carbocycles. The van der Waals surface area contributed by atoms with Crippen molar-refractivity contribution in [1.29, 1.82) is 0 Å². The number of piperazine rings is 1. The van der Waals surface area contributed by atoms with Gasteiger partial charge in [-0.1, -0.05) is 81.0 Å². The number of amides is 2. The van der Waals surface area contributed by atoms with Crippen LogP contribution in [0, 0.1) is 0 Å². The highest BCUT2D eigenvalue weighted by Gasteiger charge is 2.44. The molecule has 2 atom stereocenters. The Morgan fingerprint density at radius 1 is 0.855 bits per heavy atom. The molecule has 2 amide bonds. The van der Waals surface area contributed by atoms with E-state index in [1.165, 1.54) is 0 Å². The van der Waals surface area contributed by atoms with Crippen LogP contribution in [-0.2, 0) is 48.6 Å². The fourth-order valence-corrected chi connectivity index (χ4v) is 12.5. The average molecular weight is 1160 g/mol. The Bertz CT molecular complexity index is 3630. The molecule has 4 N–H and O–H groups in total. The molecule has 19 heteroatoms. The van der Waals surface area contributed by atoms with Gasteiger partial charge in [-0.25, -0.2) is 17.6 Å². The van der Waals surface area contributed by atoms with Crippen molar-refractivity contribution in [3.8, 4) is 17.2 Å². The molecule has 83 heavy (non-hydrogen) atoms. The Kier molecular flexibility index (Phi) is 18.8. The standard InChI is InChI=1S/C64H74N8O9S2/c1-8-70-52-29-27-46(82(75)76)38-49(52)63(2,3)57(70)23-14-10-15-24-58-64(4,5)50-39-47(83(77)78)28-30-53(50)71(58)33-17-11-16-25-59(73)66-32-36-81-45-22-18-21-44(37-45)54-42-69(60(74)31-26-43-19-12-9-13-20-43)34-35-72(54)62-67-51-41-56(80-7)55(79-6)40-48(51)61(65)68-62/h9-10,12-15,18-24,27-30,37-41,54,82H,8,11,16-17,25-26,31-36,42H2,1-7H3,(H3-,65,66,67,68,73,77,78)/p+1. The second-order valence-corrected chi connectivity index (χ2v) is 24.0. The first kappa shape index (κ1) is 59.7. The number of thiol groups is 1. The van der Waals surface area contributed by atoms with Gasteiger partial charge in [0.2, 0.25) is 23.5 Å². The zero-order valence-corrected chi connectivity index (χ0v) is 50.0.